The van der Waals surface area contributed by atoms with E-state index >= 15 is 0 Å². The topological polar surface area (TPSA) is 63.8 Å². The average molecular weight is 505 g/mol. The average Bonchev–Trinajstić information content (AvgIpc) is 3.54. The van der Waals surface area contributed by atoms with Crippen molar-refractivity contribution in [3.8, 4) is 5.75 Å². The number of fused-ring (bicyclic) bond motifs is 1. The molecule has 1 amide bonds. The summed E-state index contributed by atoms with van der Waals surface area (Å²) in [5.41, 5.74) is 3.73. The molecule has 178 valence electrons. The summed E-state index contributed by atoms with van der Waals surface area (Å²) in [4.78, 5) is 19.1. The molecule has 0 aliphatic heterocycles. The van der Waals surface area contributed by atoms with Gasteiger partial charge in [-0.25, -0.2) is 4.99 Å². The first-order valence-corrected chi connectivity index (χ1v) is 12.8. The molecule has 0 fully saturated rings. The highest BCUT2D eigenvalue weighted by molar-refractivity contribution is 7.16. The van der Waals surface area contributed by atoms with E-state index in [1.807, 2.05) is 60.7 Å². The molecule has 2 aromatic heterocycles. The van der Waals surface area contributed by atoms with Crippen molar-refractivity contribution in [3.05, 3.63) is 105 Å². The van der Waals surface area contributed by atoms with Gasteiger partial charge in [0.15, 0.2) is 0 Å². The van der Waals surface area contributed by atoms with Crippen LogP contribution in [-0.4, -0.2) is 12.1 Å². The number of thiophene rings is 1. The lowest BCUT2D eigenvalue weighted by molar-refractivity contribution is 0.0948. The fraction of sp³-hybridized carbons (Fsp3) is 0.214. The van der Waals surface area contributed by atoms with Crippen LogP contribution in [0.15, 0.2) is 76.3 Å². The van der Waals surface area contributed by atoms with Crippen LogP contribution in [-0.2, 0) is 26.0 Å². The van der Waals surface area contributed by atoms with Gasteiger partial charge in [-0.1, -0.05) is 29.8 Å². The smallest absolute Gasteiger partial charge is 0.255 e. The highest BCUT2D eigenvalue weighted by Gasteiger charge is 2.25. The van der Waals surface area contributed by atoms with Gasteiger partial charge in [-0.2, -0.15) is 0 Å². The fourth-order valence-corrected chi connectivity index (χ4v) is 5.53. The van der Waals surface area contributed by atoms with Crippen LogP contribution >= 0.6 is 22.9 Å². The molecule has 0 saturated carbocycles. The zero-order valence-corrected chi connectivity index (χ0v) is 20.7. The molecule has 0 unspecified atom stereocenters. The van der Waals surface area contributed by atoms with Gasteiger partial charge < -0.3 is 14.5 Å². The van der Waals surface area contributed by atoms with Crippen molar-refractivity contribution in [1.29, 1.82) is 0 Å². The van der Waals surface area contributed by atoms with Crippen LogP contribution in [0.4, 0.5) is 5.00 Å². The molecule has 0 bridgehead atoms. The van der Waals surface area contributed by atoms with Gasteiger partial charge in [-0.3, -0.25) is 4.79 Å². The first-order valence-electron chi connectivity index (χ1n) is 11.6. The fourth-order valence-electron chi connectivity index (χ4n) is 4.11. The molecule has 4 aromatic rings. The Bertz CT molecular complexity index is 1330. The molecule has 0 radical (unpaired) electrons. The minimum absolute atomic E-state index is 0.101. The highest BCUT2D eigenvalue weighted by atomic mass is 35.5. The maximum absolute atomic E-state index is 13.1. The molecule has 2 aromatic carbocycles. The number of ether oxygens (including phenoxy) is 1. The Morgan fingerprint density at radius 1 is 1.09 bits per heavy atom. The van der Waals surface area contributed by atoms with Crippen molar-refractivity contribution in [3.63, 3.8) is 0 Å². The molecule has 5 rings (SSSR count). The number of nitrogens with one attached hydrogen (secondary N) is 1. The molecule has 5 nitrogen and oxygen atoms in total. The summed E-state index contributed by atoms with van der Waals surface area (Å²) in [6.07, 6.45) is 7.59. The summed E-state index contributed by atoms with van der Waals surface area (Å²) in [5.74, 6) is 1.38. The minimum atomic E-state index is -0.101. The van der Waals surface area contributed by atoms with Gasteiger partial charge >= 0.3 is 0 Å². The number of hydrogen-bond acceptors (Lipinski definition) is 5. The van der Waals surface area contributed by atoms with Crippen molar-refractivity contribution < 1.29 is 13.9 Å². The summed E-state index contributed by atoms with van der Waals surface area (Å²) >= 11 is 7.83. The first kappa shape index (κ1) is 23.4. The SMILES string of the molecule is O=C(NCc1ccco1)c1c(/N=C\c2ccc(OCc3ccccc3Cl)cc2)sc2c1CCCC2. The van der Waals surface area contributed by atoms with Crippen molar-refractivity contribution in [2.75, 3.05) is 0 Å². The largest absolute Gasteiger partial charge is 0.489 e. The second-order valence-electron chi connectivity index (χ2n) is 8.36. The van der Waals surface area contributed by atoms with Crippen molar-refractivity contribution in [2.24, 2.45) is 4.99 Å². The van der Waals surface area contributed by atoms with E-state index in [1.165, 1.54) is 4.88 Å². The lowest BCUT2D eigenvalue weighted by Gasteiger charge is -2.12. The van der Waals surface area contributed by atoms with Crippen LogP contribution < -0.4 is 10.1 Å². The molecule has 0 saturated heterocycles. The number of aryl methyl sites for hydroxylation is 1. The second kappa shape index (κ2) is 10.9. The Morgan fingerprint density at radius 2 is 1.91 bits per heavy atom. The number of rotatable bonds is 8. The number of halogens is 1. The normalized spacial score (nSPS) is 13.1. The molecule has 0 spiro atoms. The number of carbonyl (C=O) groups is 1. The van der Waals surface area contributed by atoms with E-state index in [1.54, 1.807) is 23.8 Å². The van der Waals surface area contributed by atoms with E-state index in [0.717, 1.165) is 58.9 Å². The zero-order valence-electron chi connectivity index (χ0n) is 19.1. The van der Waals surface area contributed by atoms with Gasteiger partial charge in [0, 0.05) is 21.7 Å². The van der Waals surface area contributed by atoms with Gasteiger partial charge in [0.25, 0.3) is 5.91 Å². The summed E-state index contributed by atoms with van der Waals surface area (Å²) in [5, 5.41) is 4.44. The van der Waals surface area contributed by atoms with E-state index in [4.69, 9.17) is 25.7 Å². The van der Waals surface area contributed by atoms with E-state index in [2.05, 4.69) is 5.32 Å². The van der Waals surface area contributed by atoms with Crippen LogP contribution in [0.2, 0.25) is 5.02 Å². The Morgan fingerprint density at radius 3 is 2.71 bits per heavy atom. The molecular weight excluding hydrogens is 480 g/mol. The van der Waals surface area contributed by atoms with Crippen LogP contribution in [0.1, 0.15) is 50.5 Å². The van der Waals surface area contributed by atoms with Gasteiger partial charge in [0.05, 0.1) is 18.4 Å². The number of furan rings is 1. The summed E-state index contributed by atoms with van der Waals surface area (Å²) < 4.78 is 11.2. The maximum atomic E-state index is 13.1. The van der Waals surface area contributed by atoms with Crippen LogP contribution in [0.5, 0.6) is 5.75 Å². The van der Waals surface area contributed by atoms with E-state index in [9.17, 15) is 4.79 Å². The second-order valence-corrected chi connectivity index (χ2v) is 9.85. The molecule has 1 aliphatic carbocycles. The minimum Gasteiger partial charge on any atom is -0.489 e. The first-order chi connectivity index (χ1) is 17.2. The standard InChI is InChI=1S/C28H25ClN2O3S/c29-24-9-3-1-6-20(24)18-34-21-13-11-19(12-14-21)16-31-28-26(23-8-2-4-10-25(23)35-28)27(32)30-17-22-7-5-15-33-22/h1,3,5-7,9,11-16H,2,4,8,10,17-18H2,(H,30,32)/b31-16-. The van der Waals surface area contributed by atoms with Crippen LogP contribution in [0.3, 0.4) is 0 Å². The van der Waals surface area contributed by atoms with Crippen molar-refractivity contribution in [2.45, 2.75) is 38.8 Å². The molecule has 0 atom stereocenters. The van der Waals surface area contributed by atoms with Gasteiger partial charge in [0.1, 0.15) is 23.1 Å². The number of hydrogen-bond donors (Lipinski definition) is 1. The third-order valence-electron chi connectivity index (χ3n) is 5.95. The van der Waals surface area contributed by atoms with E-state index < -0.39 is 0 Å². The molecular formula is C28H25ClN2O3S. The number of nitrogens with zero attached hydrogens (tertiary/aromatic N) is 1. The molecule has 7 heteroatoms. The number of carbonyl (C=O) groups excluding carboxylic acids is 1. The molecule has 1 aliphatic rings. The predicted octanol–water partition coefficient (Wildman–Crippen LogP) is 7.13. The Labute approximate surface area is 213 Å². The Hall–Kier alpha value is -3.35. The third kappa shape index (κ3) is 5.66. The summed E-state index contributed by atoms with van der Waals surface area (Å²) in [6.45, 7) is 0.763. The monoisotopic (exact) mass is 504 g/mol. The van der Waals surface area contributed by atoms with Gasteiger partial charge in [-0.15, -0.1) is 11.3 Å². The lowest BCUT2D eigenvalue weighted by Crippen LogP contribution is -2.23. The Kier molecular flexibility index (Phi) is 7.31. The molecule has 1 N–H and O–H groups in total. The number of benzene rings is 2. The van der Waals surface area contributed by atoms with Crippen molar-refractivity contribution in [1.82, 2.24) is 5.32 Å². The number of aliphatic imine (C=N–C) groups is 1. The maximum Gasteiger partial charge on any atom is 0.255 e. The van der Waals surface area contributed by atoms with E-state index in [-0.39, 0.29) is 5.91 Å². The summed E-state index contributed by atoms with van der Waals surface area (Å²) in [7, 11) is 0. The van der Waals surface area contributed by atoms with Gasteiger partial charge in [0.2, 0.25) is 0 Å². The summed E-state index contributed by atoms with van der Waals surface area (Å²) in [6, 6.07) is 19.0. The van der Waals surface area contributed by atoms with Gasteiger partial charge in [-0.05, 0) is 79.3 Å². The van der Waals surface area contributed by atoms with Crippen LogP contribution in [0, 0.1) is 0 Å². The van der Waals surface area contributed by atoms with Crippen molar-refractivity contribution >= 4 is 40.1 Å². The quantitative estimate of drug-likeness (QED) is 0.259. The van der Waals surface area contributed by atoms with E-state index in [0.29, 0.717) is 23.7 Å². The molecule has 35 heavy (non-hydrogen) atoms. The lowest BCUT2D eigenvalue weighted by atomic mass is 9.95. The third-order valence-corrected chi connectivity index (χ3v) is 7.51. The highest BCUT2D eigenvalue weighted by Crippen LogP contribution is 2.40. The Balaban J connectivity index is 1.29. The predicted molar refractivity (Wildman–Crippen MR) is 140 cm³/mol. The number of amides is 1. The van der Waals surface area contributed by atoms with Crippen LogP contribution in [0.25, 0.3) is 0 Å². The zero-order chi connectivity index (χ0) is 24.0. The molecule has 2 heterocycles.